The number of hydrogen-bond acceptors (Lipinski definition) is 4. The smallest absolute Gasteiger partial charge is 0.410 e. The van der Waals surface area contributed by atoms with Gasteiger partial charge in [-0.2, -0.15) is 0 Å². The van der Waals surface area contributed by atoms with E-state index in [4.69, 9.17) is 9.47 Å². The molecule has 1 aromatic rings. The van der Waals surface area contributed by atoms with Crippen molar-refractivity contribution in [1.82, 2.24) is 15.5 Å². The van der Waals surface area contributed by atoms with Crippen LogP contribution in [-0.2, 0) is 11.3 Å². The summed E-state index contributed by atoms with van der Waals surface area (Å²) >= 11 is 0. The van der Waals surface area contributed by atoms with Crippen LogP contribution in [0.2, 0.25) is 0 Å². The Kier molecular flexibility index (Phi) is 7.42. The van der Waals surface area contributed by atoms with E-state index < -0.39 is 18.6 Å². The van der Waals surface area contributed by atoms with Gasteiger partial charge in [-0.25, -0.2) is 13.6 Å². The molecule has 1 saturated heterocycles. The largest absolute Gasteiger partial charge is 0.488 e. The first-order chi connectivity index (χ1) is 13.2. The lowest BCUT2D eigenvalue weighted by atomic mass is 10.1. The van der Waals surface area contributed by atoms with Gasteiger partial charge in [0.05, 0.1) is 6.04 Å². The Bertz CT molecular complexity index is 686. The summed E-state index contributed by atoms with van der Waals surface area (Å²) in [5.74, 6) is 0.988. The van der Waals surface area contributed by atoms with Crippen LogP contribution in [0.3, 0.4) is 0 Å². The summed E-state index contributed by atoms with van der Waals surface area (Å²) in [6.07, 6.45) is -2.83. The number of carbonyl (C=O) groups is 1. The number of carbonyl (C=O) groups excluding carboxylic acids is 1. The number of hydrogen-bond donors (Lipinski definition) is 2. The molecule has 2 N–H and O–H groups in total. The number of ether oxygens (including phenoxy) is 2. The van der Waals surface area contributed by atoms with Crippen molar-refractivity contribution < 1.29 is 23.0 Å². The first-order valence-electron chi connectivity index (χ1n) is 9.11. The van der Waals surface area contributed by atoms with E-state index in [-0.39, 0.29) is 12.1 Å². The molecule has 1 aliphatic rings. The zero-order chi connectivity index (χ0) is 20.7. The van der Waals surface area contributed by atoms with Gasteiger partial charge in [0, 0.05) is 26.7 Å². The molecule has 0 aliphatic carbocycles. The van der Waals surface area contributed by atoms with Gasteiger partial charge in [0.2, 0.25) is 0 Å². The molecule has 9 heteroatoms. The van der Waals surface area contributed by atoms with Gasteiger partial charge in [0.25, 0.3) is 6.43 Å². The lowest BCUT2D eigenvalue weighted by Crippen LogP contribution is -2.63. The van der Waals surface area contributed by atoms with E-state index in [0.717, 1.165) is 5.56 Å². The minimum atomic E-state index is -2.51. The van der Waals surface area contributed by atoms with Crippen molar-refractivity contribution in [3.63, 3.8) is 0 Å². The van der Waals surface area contributed by atoms with Crippen molar-refractivity contribution in [3.05, 3.63) is 29.8 Å². The van der Waals surface area contributed by atoms with Crippen molar-refractivity contribution in [3.8, 4) is 5.75 Å². The molecule has 0 spiro atoms. The summed E-state index contributed by atoms with van der Waals surface area (Å²) in [4.78, 5) is 17.7. The van der Waals surface area contributed by atoms with Gasteiger partial charge in [0.15, 0.2) is 5.96 Å². The van der Waals surface area contributed by atoms with Gasteiger partial charge in [0.1, 0.15) is 18.0 Å². The van der Waals surface area contributed by atoms with Crippen molar-refractivity contribution >= 4 is 12.1 Å². The number of alkyl halides is 2. The standard InChI is InChI=1S/C19H28F2N4O3/c1-19(2,3)28-18(26)25-10-14(11-25)24-17(22-4)23-9-13-6-5-7-15(8-13)27-12-16(20)21/h5-8,14,16H,9-12H2,1-4H3,(H2,22,23,24). The van der Waals surface area contributed by atoms with Crippen LogP contribution >= 0.6 is 0 Å². The Morgan fingerprint density at radius 2 is 2.07 bits per heavy atom. The van der Waals surface area contributed by atoms with Gasteiger partial charge < -0.3 is 25.0 Å². The van der Waals surface area contributed by atoms with Crippen molar-refractivity contribution in [2.45, 2.75) is 45.4 Å². The highest BCUT2D eigenvalue weighted by atomic mass is 19.3. The number of benzene rings is 1. The minimum Gasteiger partial charge on any atom is -0.488 e. The van der Waals surface area contributed by atoms with E-state index in [0.29, 0.717) is 31.3 Å². The van der Waals surface area contributed by atoms with E-state index >= 15 is 0 Å². The number of halogens is 2. The maximum atomic E-state index is 12.2. The Morgan fingerprint density at radius 3 is 2.68 bits per heavy atom. The van der Waals surface area contributed by atoms with Crippen LogP contribution in [0, 0.1) is 0 Å². The molecule has 1 aromatic carbocycles. The number of guanidine groups is 1. The summed E-state index contributed by atoms with van der Waals surface area (Å²) in [5, 5.41) is 6.39. The summed E-state index contributed by atoms with van der Waals surface area (Å²) in [6.45, 7) is 6.39. The van der Waals surface area contributed by atoms with Gasteiger partial charge in [-0.3, -0.25) is 4.99 Å². The molecule has 0 saturated carbocycles. The molecular weight excluding hydrogens is 370 g/mol. The number of rotatable bonds is 6. The van der Waals surface area contributed by atoms with Crippen LogP contribution in [0.15, 0.2) is 29.3 Å². The summed E-state index contributed by atoms with van der Waals surface area (Å²) < 4.78 is 34.8. The number of likely N-dealkylation sites (tertiary alicyclic amines) is 1. The minimum absolute atomic E-state index is 0.0828. The molecule has 1 fully saturated rings. The molecule has 0 bridgehead atoms. The maximum absolute atomic E-state index is 12.2. The zero-order valence-electron chi connectivity index (χ0n) is 16.7. The fraction of sp³-hybridized carbons (Fsp3) is 0.579. The SMILES string of the molecule is CN=C(NCc1cccc(OCC(F)F)c1)NC1CN(C(=O)OC(C)(C)C)C1. The van der Waals surface area contributed by atoms with E-state index in [1.54, 1.807) is 30.1 Å². The highest BCUT2D eigenvalue weighted by molar-refractivity contribution is 5.80. The summed E-state index contributed by atoms with van der Waals surface area (Å²) in [5.41, 5.74) is 0.361. The van der Waals surface area contributed by atoms with Crippen LogP contribution in [0.1, 0.15) is 26.3 Å². The molecule has 2 rings (SSSR count). The van der Waals surface area contributed by atoms with Gasteiger partial charge in [-0.15, -0.1) is 0 Å². The molecule has 0 atom stereocenters. The predicted octanol–water partition coefficient (Wildman–Crippen LogP) is 2.61. The second-order valence-corrected chi connectivity index (χ2v) is 7.50. The molecule has 0 unspecified atom stereocenters. The second-order valence-electron chi connectivity index (χ2n) is 7.50. The molecule has 28 heavy (non-hydrogen) atoms. The third kappa shape index (κ3) is 7.21. The van der Waals surface area contributed by atoms with E-state index in [9.17, 15) is 13.6 Å². The Balaban J connectivity index is 1.76. The molecule has 1 aliphatic heterocycles. The fourth-order valence-corrected chi connectivity index (χ4v) is 2.52. The second kappa shape index (κ2) is 9.57. The lowest BCUT2D eigenvalue weighted by Gasteiger charge is -2.40. The Morgan fingerprint density at radius 1 is 1.36 bits per heavy atom. The fourth-order valence-electron chi connectivity index (χ4n) is 2.52. The number of nitrogens with one attached hydrogen (secondary N) is 2. The van der Waals surface area contributed by atoms with Gasteiger partial charge in [-0.1, -0.05) is 12.1 Å². The molecule has 1 amide bonds. The average molecular weight is 398 g/mol. The molecule has 1 heterocycles. The first-order valence-corrected chi connectivity index (χ1v) is 9.11. The molecule has 7 nitrogen and oxygen atoms in total. The third-order valence-electron chi connectivity index (χ3n) is 3.83. The molecular formula is C19H28F2N4O3. The quantitative estimate of drug-likeness (QED) is 0.569. The molecule has 0 aromatic heterocycles. The topological polar surface area (TPSA) is 75.2 Å². The van der Waals surface area contributed by atoms with Crippen molar-refractivity contribution in [1.29, 1.82) is 0 Å². The third-order valence-corrected chi connectivity index (χ3v) is 3.83. The van der Waals surface area contributed by atoms with E-state index in [1.165, 1.54) is 0 Å². The van der Waals surface area contributed by atoms with Crippen LogP contribution in [0.25, 0.3) is 0 Å². The monoisotopic (exact) mass is 398 g/mol. The zero-order valence-corrected chi connectivity index (χ0v) is 16.7. The number of amides is 1. The normalized spacial score (nSPS) is 15.2. The molecule has 0 radical (unpaired) electrons. The molecule has 156 valence electrons. The van der Waals surface area contributed by atoms with Crippen LogP contribution in [-0.4, -0.2) is 61.8 Å². The van der Waals surface area contributed by atoms with E-state index in [2.05, 4.69) is 15.6 Å². The van der Waals surface area contributed by atoms with Crippen LogP contribution in [0.5, 0.6) is 5.75 Å². The van der Waals surface area contributed by atoms with Crippen molar-refractivity contribution in [2.75, 3.05) is 26.7 Å². The highest BCUT2D eigenvalue weighted by Crippen LogP contribution is 2.16. The lowest BCUT2D eigenvalue weighted by molar-refractivity contribution is 0.00700. The summed E-state index contributed by atoms with van der Waals surface area (Å²) in [6, 6.07) is 7.04. The van der Waals surface area contributed by atoms with Gasteiger partial charge in [-0.05, 0) is 38.5 Å². The van der Waals surface area contributed by atoms with E-state index in [1.807, 2.05) is 26.8 Å². The Labute approximate surface area is 164 Å². The van der Waals surface area contributed by atoms with Gasteiger partial charge >= 0.3 is 6.09 Å². The predicted molar refractivity (Wildman–Crippen MR) is 103 cm³/mol. The number of aliphatic imine (C=N–C) groups is 1. The number of nitrogens with zero attached hydrogens (tertiary/aromatic N) is 2. The maximum Gasteiger partial charge on any atom is 0.410 e. The first kappa shape index (κ1) is 21.7. The summed E-state index contributed by atoms with van der Waals surface area (Å²) in [7, 11) is 1.65. The average Bonchev–Trinajstić information content (AvgIpc) is 2.57. The Hall–Kier alpha value is -2.58. The van der Waals surface area contributed by atoms with Crippen LogP contribution in [0.4, 0.5) is 13.6 Å². The van der Waals surface area contributed by atoms with Crippen LogP contribution < -0.4 is 15.4 Å². The van der Waals surface area contributed by atoms with Crippen molar-refractivity contribution in [2.24, 2.45) is 4.99 Å². The highest BCUT2D eigenvalue weighted by Gasteiger charge is 2.34.